The molecule has 1 aliphatic heterocycles. The number of hydrogen-bond acceptors (Lipinski definition) is 9. The van der Waals surface area contributed by atoms with Crippen LogP contribution >= 0.6 is 0 Å². The Morgan fingerprint density at radius 3 is 1.73 bits per heavy atom. The van der Waals surface area contributed by atoms with Crippen LogP contribution in [0, 0.1) is 0 Å². The lowest BCUT2D eigenvalue weighted by Crippen LogP contribution is -2.59. The lowest BCUT2D eigenvalue weighted by molar-refractivity contribution is -0.305. The summed E-state index contributed by atoms with van der Waals surface area (Å²) in [4.78, 5) is 12.7. The number of hydrogen-bond donors (Lipinski definition) is 4. The standard InChI is InChI=1S/C42H72O9/c1-3-5-7-9-11-13-15-16-17-18-19-20-21-23-25-27-29-31-38(44)50-36(35-49-42-41(47)40(46)39(45)37(33-43)51-42)34-48-32-30-28-26-24-22-14-12-10-8-6-4-2/h5,7,11,13,16-17,19-20,23,25,36-37,39-43,45-47H,3-4,6,8-10,12,14-15,18,21-22,24,26-35H2,1-2H3/b7-5-,13-11-,17-16-,20-19-,25-23-. The van der Waals surface area contributed by atoms with E-state index >= 15 is 0 Å². The molecule has 1 aliphatic rings. The van der Waals surface area contributed by atoms with Crippen LogP contribution in [0.25, 0.3) is 0 Å². The highest BCUT2D eigenvalue weighted by Crippen LogP contribution is 2.22. The largest absolute Gasteiger partial charge is 0.457 e. The van der Waals surface area contributed by atoms with E-state index in [0.717, 1.165) is 51.4 Å². The number of carbonyl (C=O) groups is 1. The topological polar surface area (TPSA) is 135 Å². The Morgan fingerprint density at radius 2 is 1.18 bits per heavy atom. The van der Waals surface area contributed by atoms with Crippen LogP contribution in [0.4, 0.5) is 0 Å². The first-order chi connectivity index (χ1) is 24.9. The molecule has 9 heteroatoms. The SMILES string of the molecule is CC/C=C\C/C=C\C/C=C\C/C=C\C/C=C\CCCC(=O)OC(COCCCCCCCCCCCCC)COC1OC(CO)C(O)C(O)C1O. The molecule has 0 aromatic rings. The van der Waals surface area contributed by atoms with Crippen LogP contribution in [0.5, 0.6) is 0 Å². The quantitative estimate of drug-likeness (QED) is 0.0310. The number of rotatable bonds is 32. The van der Waals surface area contributed by atoms with E-state index in [4.69, 9.17) is 18.9 Å². The Kier molecular flexibility index (Phi) is 31.0. The Bertz CT molecular complexity index is 958. The lowest BCUT2D eigenvalue weighted by Gasteiger charge is -2.39. The maximum atomic E-state index is 12.7. The Hall–Kier alpha value is -2.11. The molecule has 6 atom stereocenters. The molecule has 294 valence electrons. The van der Waals surface area contributed by atoms with E-state index in [1.165, 1.54) is 57.8 Å². The summed E-state index contributed by atoms with van der Waals surface area (Å²) in [5.41, 5.74) is 0. The van der Waals surface area contributed by atoms with Crippen molar-refractivity contribution >= 4 is 5.97 Å². The number of allylic oxidation sites excluding steroid dienone is 10. The summed E-state index contributed by atoms with van der Waals surface area (Å²) in [7, 11) is 0. The number of esters is 1. The van der Waals surface area contributed by atoms with Crippen LogP contribution < -0.4 is 0 Å². The third kappa shape index (κ3) is 25.5. The van der Waals surface area contributed by atoms with E-state index in [1.54, 1.807) is 0 Å². The monoisotopic (exact) mass is 721 g/mol. The van der Waals surface area contributed by atoms with Crippen LogP contribution in [-0.4, -0.2) is 89.6 Å². The van der Waals surface area contributed by atoms with Gasteiger partial charge in [-0.05, 0) is 51.4 Å². The van der Waals surface area contributed by atoms with Crippen molar-refractivity contribution in [3.8, 4) is 0 Å². The Balaban J connectivity index is 2.37. The van der Waals surface area contributed by atoms with E-state index in [1.807, 2.05) is 0 Å². The highest BCUT2D eigenvalue weighted by Gasteiger charge is 2.44. The predicted octanol–water partition coefficient (Wildman–Crippen LogP) is 7.96. The second-order valence-electron chi connectivity index (χ2n) is 13.4. The molecule has 4 N–H and O–H groups in total. The normalized spacial score (nSPS) is 22.0. The van der Waals surface area contributed by atoms with E-state index in [9.17, 15) is 25.2 Å². The zero-order valence-electron chi connectivity index (χ0n) is 31.8. The Morgan fingerprint density at radius 1 is 0.647 bits per heavy atom. The van der Waals surface area contributed by atoms with Crippen LogP contribution in [-0.2, 0) is 23.7 Å². The van der Waals surface area contributed by atoms with Gasteiger partial charge >= 0.3 is 5.97 Å². The molecule has 6 unspecified atom stereocenters. The molecule has 0 aliphatic carbocycles. The van der Waals surface area contributed by atoms with Gasteiger partial charge in [0.15, 0.2) is 6.29 Å². The van der Waals surface area contributed by atoms with Crippen molar-refractivity contribution in [1.82, 2.24) is 0 Å². The highest BCUT2D eigenvalue weighted by atomic mass is 16.7. The summed E-state index contributed by atoms with van der Waals surface area (Å²) >= 11 is 0. The second-order valence-corrected chi connectivity index (χ2v) is 13.4. The molecule has 1 saturated heterocycles. The fourth-order valence-electron chi connectivity index (χ4n) is 5.58. The molecule has 0 amide bonds. The summed E-state index contributed by atoms with van der Waals surface area (Å²) in [6.07, 6.45) is 33.9. The van der Waals surface area contributed by atoms with E-state index in [0.29, 0.717) is 13.0 Å². The van der Waals surface area contributed by atoms with Gasteiger partial charge in [-0.1, -0.05) is 139 Å². The van der Waals surface area contributed by atoms with Gasteiger partial charge in [0.25, 0.3) is 0 Å². The molecule has 0 spiro atoms. The molecule has 0 saturated carbocycles. The molecule has 0 aromatic heterocycles. The summed E-state index contributed by atoms with van der Waals surface area (Å²) in [6.45, 7) is 4.35. The average Bonchev–Trinajstić information content (AvgIpc) is 3.13. The molecule has 0 radical (unpaired) electrons. The fraction of sp³-hybridized carbons (Fsp3) is 0.738. The summed E-state index contributed by atoms with van der Waals surface area (Å²) in [6, 6.07) is 0. The van der Waals surface area contributed by atoms with Gasteiger partial charge in [0.2, 0.25) is 0 Å². The molecular weight excluding hydrogens is 648 g/mol. The van der Waals surface area contributed by atoms with Gasteiger partial charge in [0, 0.05) is 13.0 Å². The summed E-state index contributed by atoms with van der Waals surface area (Å²) < 4.78 is 22.6. The first-order valence-electron chi connectivity index (χ1n) is 19.9. The number of unbranched alkanes of at least 4 members (excludes halogenated alkanes) is 11. The van der Waals surface area contributed by atoms with Crippen LogP contribution in [0.15, 0.2) is 60.8 Å². The summed E-state index contributed by atoms with van der Waals surface area (Å²) in [5.74, 6) is -0.372. The highest BCUT2D eigenvalue weighted by molar-refractivity contribution is 5.69. The van der Waals surface area contributed by atoms with E-state index < -0.39 is 43.4 Å². The molecule has 1 fully saturated rings. The van der Waals surface area contributed by atoms with Gasteiger partial charge in [0.1, 0.15) is 30.5 Å². The minimum atomic E-state index is -1.55. The van der Waals surface area contributed by atoms with Gasteiger partial charge < -0.3 is 39.4 Å². The van der Waals surface area contributed by atoms with Crippen molar-refractivity contribution in [2.45, 2.75) is 173 Å². The van der Waals surface area contributed by atoms with Crippen molar-refractivity contribution in [2.75, 3.05) is 26.4 Å². The van der Waals surface area contributed by atoms with Gasteiger partial charge in [-0.15, -0.1) is 0 Å². The predicted molar refractivity (Wildman–Crippen MR) is 205 cm³/mol. The van der Waals surface area contributed by atoms with Gasteiger partial charge in [0.05, 0.1) is 19.8 Å². The minimum Gasteiger partial charge on any atom is -0.457 e. The van der Waals surface area contributed by atoms with Gasteiger partial charge in [-0.3, -0.25) is 4.79 Å². The minimum absolute atomic E-state index is 0.121. The molecule has 0 aromatic carbocycles. The van der Waals surface area contributed by atoms with Crippen molar-refractivity contribution in [2.24, 2.45) is 0 Å². The molecule has 1 heterocycles. The molecular formula is C42H72O9. The first kappa shape index (κ1) is 46.9. The molecule has 9 nitrogen and oxygen atoms in total. The third-order valence-electron chi connectivity index (χ3n) is 8.70. The summed E-state index contributed by atoms with van der Waals surface area (Å²) in [5, 5.41) is 39.9. The van der Waals surface area contributed by atoms with Crippen molar-refractivity contribution in [1.29, 1.82) is 0 Å². The second kappa shape index (κ2) is 33.7. The molecule has 1 rings (SSSR count). The molecule has 51 heavy (non-hydrogen) atoms. The zero-order valence-corrected chi connectivity index (χ0v) is 31.8. The maximum Gasteiger partial charge on any atom is 0.306 e. The van der Waals surface area contributed by atoms with Crippen molar-refractivity contribution < 1.29 is 44.2 Å². The fourth-order valence-corrected chi connectivity index (χ4v) is 5.58. The smallest absolute Gasteiger partial charge is 0.306 e. The maximum absolute atomic E-state index is 12.7. The number of ether oxygens (including phenoxy) is 4. The lowest BCUT2D eigenvalue weighted by atomic mass is 9.99. The number of aliphatic hydroxyl groups is 4. The van der Waals surface area contributed by atoms with Gasteiger partial charge in [-0.25, -0.2) is 0 Å². The zero-order chi connectivity index (χ0) is 37.2. The average molecular weight is 721 g/mol. The van der Waals surface area contributed by atoms with E-state index in [2.05, 4.69) is 74.6 Å². The van der Waals surface area contributed by atoms with Crippen LogP contribution in [0.1, 0.15) is 136 Å². The number of aliphatic hydroxyl groups excluding tert-OH is 4. The van der Waals surface area contributed by atoms with Crippen LogP contribution in [0.2, 0.25) is 0 Å². The van der Waals surface area contributed by atoms with Gasteiger partial charge in [-0.2, -0.15) is 0 Å². The molecule has 0 bridgehead atoms. The third-order valence-corrected chi connectivity index (χ3v) is 8.70. The number of carbonyl (C=O) groups excluding carboxylic acids is 1. The van der Waals surface area contributed by atoms with E-state index in [-0.39, 0.29) is 25.6 Å². The van der Waals surface area contributed by atoms with Crippen molar-refractivity contribution in [3.05, 3.63) is 60.8 Å². The van der Waals surface area contributed by atoms with Crippen molar-refractivity contribution in [3.63, 3.8) is 0 Å². The first-order valence-corrected chi connectivity index (χ1v) is 19.9. The Labute approximate surface area is 309 Å². The van der Waals surface area contributed by atoms with Crippen LogP contribution in [0.3, 0.4) is 0 Å².